The number of hydrogen-bond donors (Lipinski definition) is 1. The number of benzene rings is 1. The fourth-order valence-electron chi connectivity index (χ4n) is 2.68. The molecular weight excluding hydrogens is 300 g/mol. The average molecular weight is 324 g/mol. The highest BCUT2D eigenvalue weighted by molar-refractivity contribution is 7.92. The summed E-state index contributed by atoms with van der Waals surface area (Å²) in [5.74, 6) is 0.222. The maximum atomic E-state index is 12.2. The Bertz CT molecular complexity index is 588. The SMILES string of the molecule is CS(=O)(=O)Nc1ccc(CCC(=O)N2CCCCCC2)cc1. The van der Waals surface area contributed by atoms with Crippen LogP contribution in [-0.4, -0.2) is 38.6 Å². The first-order chi connectivity index (χ1) is 10.4. The third-order valence-corrected chi connectivity index (χ3v) is 4.45. The summed E-state index contributed by atoms with van der Waals surface area (Å²) in [6.07, 6.45) is 6.99. The summed E-state index contributed by atoms with van der Waals surface area (Å²) in [6.45, 7) is 1.77. The average Bonchev–Trinajstić information content (AvgIpc) is 2.74. The number of nitrogens with one attached hydrogen (secondary N) is 1. The van der Waals surface area contributed by atoms with Crippen LogP contribution in [-0.2, 0) is 21.2 Å². The van der Waals surface area contributed by atoms with Gasteiger partial charge in [0.1, 0.15) is 0 Å². The van der Waals surface area contributed by atoms with Gasteiger partial charge < -0.3 is 4.90 Å². The summed E-state index contributed by atoms with van der Waals surface area (Å²) in [7, 11) is -3.24. The maximum absolute atomic E-state index is 12.2. The topological polar surface area (TPSA) is 66.5 Å². The van der Waals surface area contributed by atoms with Crippen molar-refractivity contribution < 1.29 is 13.2 Å². The van der Waals surface area contributed by atoms with Crippen LogP contribution in [0.25, 0.3) is 0 Å². The number of anilines is 1. The van der Waals surface area contributed by atoms with Gasteiger partial charge in [-0.1, -0.05) is 25.0 Å². The molecule has 0 bridgehead atoms. The van der Waals surface area contributed by atoms with Crippen LogP contribution >= 0.6 is 0 Å². The molecule has 0 aliphatic carbocycles. The van der Waals surface area contributed by atoms with Gasteiger partial charge in [-0.05, 0) is 37.0 Å². The van der Waals surface area contributed by atoms with Crippen molar-refractivity contribution in [1.29, 1.82) is 0 Å². The molecule has 1 aromatic rings. The van der Waals surface area contributed by atoms with E-state index in [-0.39, 0.29) is 5.91 Å². The van der Waals surface area contributed by atoms with Crippen molar-refractivity contribution in [2.45, 2.75) is 38.5 Å². The number of amides is 1. The maximum Gasteiger partial charge on any atom is 0.229 e. The van der Waals surface area contributed by atoms with Crippen molar-refractivity contribution in [2.24, 2.45) is 0 Å². The van der Waals surface area contributed by atoms with E-state index < -0.39 is 10.0 Å². The molecule has 0 spiro atoms. The van der Waals surface area contributed by atoms with Gasteiger partial charge in [0.05, 0.1) is 6.26 Å². The quantitative estimate of drug-likeness (QED) is 0.904. The van der Waals surface area contributed by atoms with E-state index in [9.17, 15) is 13.2 Å². The van der Waals surface area contributed by atoms with Gasteiger partial charge in [0.15, 0.2) is 0 Å². The Hall–Kier alpha value is -1.56. The molecule has 1 aromatic carbocycles. The van der Waals surface area contributed by atoms with Crippen LogP contribution in [0.4, 0.5) is 5.69 Å². The summed E-state index contributed by atoms with van der Waals surface area (Å²) in [6, 6.07) is 7.19. The second-order valence-corrected chi connectivity index (χ2v) is 7.61. The largest absolute Gasteiger partial charge is 0.343 e. The van der Waals surface area contributed by atoms with E-state index in [0.29, 0.717) is 18.5 Å². The van der Waals surface area contributed by atoms with Gasteiger partial charge in [-0.25, -0.2) is 8.42 Å². The van der Waals surface area contributed by atoms with Gasteiger partial charge in [-0.2, -0.15) is 0 Å². The van der Waals surface area contributed by atoms with Crippen LogP contribution in [0.15, 0.2) is 24.3 Å². The predicted octanol–water partition coefficient (Wildman–Crippen LogP) is 2.39. The van der Waals surface area contributed by atoms with Crippen molar-refractivity contribution in [3.63, 3.8) is 0 Å². The van der Waals surface area contributed by atoms with Crippen molar-refractivity contribution in [3.8, 4) is 0 Å². The third kappa shape index (κ3) is 5.67. The van der Waals surface area contributed by atoms with Crippen LogP contribution in [0.3, 0.4) is 0 Å². The van der Waals surface area contributed by atoms with E-state index in [4.69, 9.17) is 0 Å². The smallest absolute Gasteiger partial charge is 0.229 e. The molecule has 1 aliphatic rings. The Morgan fingerprint density at radius 3 is 2.23 bits per heavy atom. The molecule has 1 saturated heterocycles. The van der Waals surface area contributed by atoms with Crippen molar-refractivity contribution in [1.82, 2.24) is 4.90 Å². The fourth-order valence-corrected chi connectivity index (χ4v) is 3.25. The Morgan fingerprint density at radius 1 is 1.09 bits per heavy atom. The second kappa shape index (κ2) is 7.63. The molecule has 6 heteroatoms. The lowest BCUT2D eigenvalue weighted by molar-refractivity contribution is -0.131. The Kier molecular flexibility index (Phi) is 5.83. The number of likely N-dealkylation sites (tertiary alicyclic amines) is 1. The highest BCUT2D eigenvalue weighted by atomic mass is 32.2. The lowest BCUT2D eigenvalue weighted by Gasteiger charge is -2.20. The molecule has 1 amide bonds. The molecule has 0 radical (unpaired) electrons. The molecule has 22 heavy (non-hydrogen) atoms. The number of nitrogens with zero attached hydrogens (tertiary/aromatic N) is 1. The molecule has 5 nitrogen and oxygen atoms in total. The first-order valence-corrected chi connectivity index (χ1v) is 9.68. The zero-order valence-electron chi connectivity index (χ0n) is 13.0. The second-order valence-electron chi connectivity index (χ2n) is 5.87. The summed E-state index contributed by atoms with van der Waals surface area (Å²) in [4.78, 5) is 14.2. The zero-order chi connectivity index (χ0) is 16.0. The van der Waals surface area contributed by atoms with Gasteiger partial charge in [0.25, 0.3) is 0 Å². The van der Waals surface area contributed by atoms with E-state index in [2.05, 4.69) is 4.72 Å². The summed E-state index contributed by atoms with van der Waals surface area (Å²) < 4.78 is 24.7. The monoisotopic (exact) mass is 324 g/mol. The van der Waals surface area contributed by atoms with Crippen molar-refractivity contribution in [3.05, 3.63) is 29.8 Å². The molecule has 1 N–H and O–H groups in total. The highest BCUT2D eigenvalue weighted by Gasteiger charge is 2.15. The van der Waals surface area contributed by atoms with Gasteiger partial charge in [0.2, 0.25) is 15.9 Å². The minimum Gasteiger partial charge on any atom is -0.343 e. The minimum absolute atomic E-state index is 0.222. The van der Waals surface area contributed by atoms with Gasteiger partial charge in [-0.15, -0.1) is 0 Å². The lowest BCUT2D eigenvalue weighted by Crippen LogP contribution is -2.31. The molecule has 0 aromatic heterocycles. The predicted molar refractivity (Wildman–Crippen MR) is 88.3 cm³/mol. The molecule has 1 fully saturated rings. The normalized spacial score (nSPS) is 16.1. The number of hydrogen-bond acceptors (Lipinski definition) is 3. The van der Waals surface area contributed by atoms with E-state index >= 15 is 0 Å². The van der Waals surface area contributed by atoms with E-state index in [1.54, 1.807) is 12.1 Å². The van der Waals surface area contributed by atoms with Crippen molar-refractivity contribution in [2.75, 3.05) is 24.1 Å². The van der Waals surface area contributed by atoms with Crippen LogP contribution in [0, 0.1) is 0 Å². The van der Waals surface area contributed by atoms with Gasteiger partial charge in [0, 0.05) is 25.2 Å². The number of carbonyl (C=O) groups is 1. The zero-order valence-corrected chi connectivity index (χ0v) is 13.9. The number of rotatable bonds is 5. The van der Waals surface area contributed by atoms with Crippen LogP contribution in [0.5, 0.6) is 0 Å². The number of carbonyl (C=O) groups excluding carboxylic acids is 1. The standard InChI is InChI=1S/C16H24N2O3S/c1-22(20,21)17-15-9-6-14(7-10-15)8-11-16(19)18-12-4-2-3-5-13-18/h6-7,9-10,17H,2-5,8,11-13H2,1H3. The summed E-state index contributed by atoms with van der Waals surface area (Å²) >= 11 is 0. The first kappa shape index (κ1) is 16.8. The fraction of sp³-hybridized carbons (Fsp3) is 0.562. The molecular formula is C16H24N2O3S. The summed E-state index contributed by atoms with van der Waals surface area (Å²) in [5, 5.41) is 0. The molecule has 2 rings (SSSR count). The first-order valence-electron chi connectivity index (χ1n) is 7.78. The molecule has 0 atom stereocenters. The number of sulfonamides is 1. The highest BCUT2D eigenvalue weighted by Crippen LogP contribution is 2.14. The van der Waals surface area contributed by atoms with E-state index in [0.717, 1.165) is 37.8 Å². The molecule has 1 aliphatic heterocycles. The lowest BCUT2D eigenvalue weighted by atomic mass is 10.1. The van der Waals surface area contributed by atoms with E-state index in [1.807, 2.05) is 17.0 Å². The number of aryl methyl sites for hydroxylation is 1. The molecule has 1 heterocycles. The van der Waals surface area contributed by atoms with Crippen LogP contribution < -0.4 is 4.72 Å². The minimum atomic E-state index is -3.24. The Morgan fingerprint density at radius 2 is 1.68 bits per heavy atom. The van der Waals surface area contributed by atoms with Gasteiger partial charge in [-0.3, -0.25) is 9.52 Å². The molecule has 0 saturated carbocycles. The molecule has 0 unspecified atom stereocenters. The van der Waals surface area contributed by atoms with Crippen LogP contribution in [0.2, 0.25) is 0 Å². The molecule has 122 valence electrons. The van der Waals surface area contributed by atoms with Gasteiger partial charge >= 0.3 is 0 Å². The Labute approximate surface area is 132 Å². The Balaban J connectivity index is 1.84. The van der Waals surface area contributed by atoms with E-state index in [1.165, 1.54) is 12.8 Å². The summed E-state index contributed by atoms with van der Waals surface area (Å²) in [5.41, 5.74) is 1.59. The third-order valence-electron chi connectivity index (χ3n) is 3.84. The van der Waals surface area contributed by atoms with Crippen molar-refractivity contribution >= 4 is 21.6 Å². The van der Waals surface area contributed by atoms with Crippen LogP contribution in [0.1, 0.15) is 37.7 Å².